The van der Waals surface area contributed by atoms with Gasteiger partial charge in [-0.25, -0.2) is 4.39 Å². The third kappa shape index (κ3) is 4.25. The van der Waals surface area contributed by atoms with E-state index in [0.717, 1.165) is 25.2 Å². The van der Waals surface area contributed by atoms with Crippen molar-refractivity contribution in [1.82, 2.24) is 15.5 Å². The number of amides is 1. The van der Waals surface area contributed by atoms with Crippen molar-refractivity contribution < 1.29 is 9.18 Å². The fourth-order valence-electron chi connectivity index (χ4n) is 2.49. The summed E-state index contributed by atoms with van der Waals surface area (Å²) in [6, 6.07) is 5.05. The van der Waals surface area contributed by atoms with Crippen LogP contribution in [0.5, 0.6) is 0 Å². The van der Waals surface area contributed by atoms with Gasteiger partial charge in [-0.1, -0.05) is 12.1 Å². The van der Waals surface area contributed by atoms with Gasteiger partial charge in [0.25, 0.3) is 0 Å². The zero-order chi connectivity index (χ0) is 15.5. The topological polar surface area (TPSA) is 44.4 Å². The average Bonchev–Trinajstić information content (AvgIpc) is 2.42. The quantitative estimate of drug-likeness (QED) is 0.883. The zero-order valence-electron chi connectivity index (χ0n) is 13.0. The van der Waals surface area contributed by atoms with Gasteiger partial charge in [-0.3, -0.25) is 9.69 Å². The van der Waals surface area contributed by atoms with Crippen LogP contribution in [0.4, 0.5) is 4.39 Å². The molecule has 2 N–H and O–H groups in total. The molecule has 2 rings (SSSR count). The van der Waals surface area contributed by atoms with Crippen LogP contribution in [0.1, 0.15) is 25.0 Å². The molecule has 0 saturated carbocycles. The molecule has 1 saturated heterocycles. The van der Waals surface area contributed by atoms with Gasteiger partial charge in [0.1, 0.15) is 5.82 Å². The van der Waals surface area contributed by atoms with E-state index in [-0.39, 0.29) is 17.3 Å². The van der Waals surface area contributed by atoms with E-state index in [1.807, 2.05) is 6.07 Å². The molecule has 0 aromatic heterocycles. The number of hydrogen-bond donors (Lipinski definition) is 2. The summed E-state index contributed by atoms with van der Waals surface area (Å²) in [5.74, 6) is -0.254. The third-order valence-electron chi connectivity index (χ3n) is 4.03. The SMILES string of the molecule is Cc1ccc(CNC(=O)CN2CCNCC2(C)C)cc1F. The van der Waals surface area contributed by atoms with Gasteiger partial charge >= 0.3 is 0 Å². The maximum atomic E-state index is 13.5. The number of aryl methyl sites for hydroxylation is 1. The van der Waals surface area contributed by atoms with Crippen LogP contribution < -0.4 is 10.6 Å². The highest BCUT2D eigenvalue weighted by atomic mass is 19.1. The highest BCUT2D eigenvalue weighted by Gasteiger charge is 2.30. The molecule has 5 heteroatoms. The third-order valence-corrected chi connectivity index (χ3v) is 4.03. The lowest BCUT2D eigenvalue weighted by molar-refractivity contribution is -0.124. The molecule has 0 spiro atoms. The number of carbonyl (C=O) groups is 1. The minimum absolute atomic E-state index is 0.0223. The van der Waals surface area contributed by atoms with Crippen molar-refractivity contribution in [2.45, 2.75) is 32.9 Å². The molecule has 1 amide bonds. The maximum absolute atomic E-state index is 13.5. The zero-order valence-corrected chi connectivity index (χ0v) is 13.0. The first-order valence-electron chi connectivity index (χ1n) is 7.36. The molecule has 21 heavy (non-hydrogen) atoms. The Balaban J connectivity index is 1.85. The number of piperazine rings is 1. The molecule has 0 radical (unpaired) electrons. The molecule has 0 aliphatic carbocycles. The van der Waals surface area contributed by atoms with Crippen LogP contribution in [-0.4, -0.2) is 42.5 Å². The molecule has 1 aliphatic heterocycles. The van der Waals surface area contributed by atoms with E-state index in [1.165, 1.54) is 6.07 Å². The Bertz CT molecular complexity index is 516. The summed E-state index contributed by atoms with van der Waals surface area (Å²) in [6.45, 7) is 9.36. The molecular weight excluding hydrogens is 269 g/mol. The van der Waals surface area contributed by atoms with Gasteiger partial charge in [0.05, 0.1) is 6.54 Å². The number of nitrogens with one attached hydrogen (secondary N) is 2. The van der Waals surface area contributed by atoms with Gasteiger partial charge in [0.2, 0.25) is 5.91 Å². The maximum Gasteiger partial charge on any atom is 0.234 e. The molecule has 1 aromatic rings. The van der Waals surface area contributed by atoms with Crippen LogP contribution in [-0.2, 0) is 11.3 Å². The van der Waals surface area contributed by atoms with E-state index in [0.29, 0.717) is 18.7 Å². The van der Waals surface area contributed by atoms with E-state index >= 15 is 0 Å². The van der Waals surface area contributed by atoms with Gasteiger partial charge in [-0.05, 0) is 38.0 Å². The van der Waals surface area contributed by atoms with Gasteiger partial charge in [0.15, 0.2) is 0 Å². The largest absolute Gasteiger partial charge is 0.351 e. The van der Waals surface area contributed by atoms with Crippen molar-refractivity contribution in [3.8, 4) is 0 Å². The standard InChI is InChI=1S/C16H24FN3O/c1-12-4-5-13(8-14(12)17)9-19-15(21)10-20-7-6-18-11-16(20,2)3/h4-5,8,18H,6-7,9-11H2,1-3H3,(H,19,21). The summed E-state index contributed by atoms with van der Waals surface area (Å²) in [5, 5.41) is 6.20. The number of benzene rings is 1. The molecule has 1 aliphatic rings. The number of hydrogen-bond acceptors (Lipinski definition) is 3. The van der Waals surface area contributed by atoms with E-state index < -0.39 is 0 Å². The summed E-state index contributed by atoms with van der Waals surface area (Å²) in [7, 11) is 0. The Kier molecular flexibility index (Phi) is 4.96. The van der Waals surface area contributed by atoms with Crippen LogP contribution in [0.3, 0.4) is 0 Å². The number of rotatable bonds is 4. The Morgan fingerprint density at radius 3 is 2.90 bits per heavy atom. The Morgan fingerprint density at radius 1 is 1.48 bits per heavy atom. The van der Waals surface area contributed by atoms with Gasteiger partial charge in [-0.2, -0.15) is 0 Å². The minimum atomic E-state index is -0.231. The second-order valence-corrected chi connectivity index (χ2v) is 6.27. The first kappa shape index (κ1) is 15.9. The predicted octanol–water partition coefficient (Wildman–Crippen LogP) is 1.43. The number of nitrogens with zero attached hydrogens (tertiary/aromatic N) is 1. The van der Waals surface area contributed by atoms with Crippen molar-refractivity contribution in [2.75, 3.05) is 26.2 Å². The summed E-state index contributed by atoms with van der Waals surface area (Å²) in [6.07, 6.45) is 0. The second-order valence-electron chi connectivity index (χ2n) is 6.27. The van der Waals surface area contributed by atoms with Crippen molar-refractivity contribution in [2.24, 2.45) is 0 Å². The van der Waals surface area contributed by atoms with E-state index in [1.54, 1.807) is 13.0 Å². The lowest BCUT2D eigenvalue weighted by atomic mass is 10.0. The lowest BCUT2D eigenvalue weighted by Crippen LogP contribution is -2.59. The van der Waals surface area contributed by atoms with Crippen LogP contribution >= 0.6 is 0 Å². The lowest BCUT2D eigenvalue weighted by Gasteiger charge is -2.42. The van der Waals surface area contributed by atoms with Crippen LogP contribution in [0.15, 0.2) is 18.2 Å². The van der Waals surface area contributed by atoms with Gasteiger partial charge in [0, 0.05) is 31.7 Å². The molecule has 1 aromatic carbocycles. The highest BCUT2D eigenvalue weighted by molar-refractivity contribution is 5.78. The smallest absolute Gasteiger partial charge is 0.234 e. The Labute approximate surface area is 125 Å². The van der Waals surface area contributed by atoms with E-state index in [2.05, 4.69) is 29.4 Å². The summed E-state index contributed by atoms with van der Waals surface area (Å²) < 4.78 is 13.5. The molecule has 0 atom stereocenters. The molecule has 0 unspecified atom stereocenters. The summed E-state index contributed by atoms with van der Waals surface area (Å²) in [5.41, 5.74) is 1.38. The van der Waals surface area contributed by atoms with E-state index in [4.69, 9.17) is 0 Å². The van der Waals surface area contributed by atoms with Crippen molar-refractivity contribution >= 4 is 5.91 Å². The summed E-state index contributed by atoms with van der Waals surface area (Å²) >= 11 is 0. The fourth-order valence-corrected chi connectivity index (χ4v) is 2.49. The average molecular weight is 293 g/mol. The number of carbonyl (C=O) groups excluding carboxylic acids is 1. The van der Waals surface area contributed by atoms with Crippen LogP contribution in [0.2, 0.25) is 0 Å². The van der Waals surface area contributed by atoms with Gasteiger partial charge < -0.3 is 10.6 Å². The predicted molar refractivity (Wildman–Crippen MR) is 81.5 cm³/mol. The molecule has 1 fully saturated rings. The molecule has 0 bridgehead atoms. The Morgan fingerprint density at radius 2 is 2.24 bits per heavy atom. The molecule has 1 heterocycles. The first-order chi connectivity index (χ1) is 9.88. The second kappa shape index (κ2) is 6.54. The highest BCUT2D eigenvalue weighted by Crippen LogP contribution is 2.15. The molecule has 4 nitrogen and oxygen atoms in total. The fraction of sp³-hybridized carbons (Fsp3) is 0.562. The number of halogens is 1. The van der Waals surface area contributed by atoms with Crippen LogP contribution in [0, 0.1) is 12.7 Å². The van der Waals surface area contributed by atoms with Crippen molar-refractivity contribution in [3.63, 3.8) is 0 Å². The van der Waals surface area contributed by atoms with Crippen molar-refractivity contribution in [3.05, 3.63) is 35.1 Å². The normalized spacial score (nSPS) is 18.5. The first-order valence-corrected chi connectivity index (χ1v) is 7.36. The summed E-state index contributed by atoms with van der Waals surface area (Å²) in [4.78, 5) is 14.2. The van der Waals surface area contributed by atoms with Crippen LogP contribution in [0.25, 0.3) is 0 Å². The monoisotopic (exact) mass is 293 g/mol. The van der Waals surface area contributed by atoms with Gasteiger partial charge in [-0.15, -0.1) is 0 Å². The molecular formula is C16H24FN3O. The Hall–Kier alpha value is -1.46. The minimum Gasteiger partial charge on any atom is -0.351 e. The van der Waals surface area contributed by atoms with Crippen molar-refractivity contribution in [1.29, 1.82) is 0 Å². The molecule has 116 valence electrons. The van der Waals surface area contributed by atoms with E-state index in [9.17, 15) is 9.18 Å².